The van der Waals surface area contributed by atoms with Crippen molar-refractivity contribution in [3.8, 4) is 11.3 Å². The highest BCUT2D eigenvalue weighted by molar-refractivity contribution is 5.72. The van der Waals surface area contributed by atoms with Gasteiger partial charge in [0.25, 0.3) is 0 Å². The molecule has 0 saturated carbocycles. The van der Waals surface area contributed by atoms with Gasteiger partial charge in [0, 0.05) is 123 Å². The van der Waals surface area contributed by atoms with Crippen LogP contribution in [0.5, 0.6) is 0 Å². The van der Waals surface area contributed by atoms with Crippen molar-refractivity contribution in [3.63, 3.8) is 0 Å². The minimum absolute atomic E-state index is 0.0978. The summed E-state index contributed by atoms with van der Waals surface area (Å²) in [5.74, 6) is -17.5. The molecule has 0 spiro atoms. The molecule has 0 amide bonds. The van der Waals surface area contributed by atoms with Gasteiger partial charge in [-0.15, -0.1) is 5.10 Å². The summed E-state index contributed by atoms with van der Waals surface area (Å²) >= 11 is 0. The van der Waals surface area contributed by atoms with E-state index in [4.69, 9.17) is 123 Å². The van der Waals surface area contributed by atoms with Crippen LogP contribution in [0.1, 0.15) is 117 Å². The summed E-state index contributed by atoms with van der Waals surface area (Å²) in [5, 5.41) is 8.45. The zero-order valence-corrected chi connectivity index (χ0v) is 67.0. The molecule has 45 nitrogen and oxygen atoms in total. The molecular formula is C73H95N3O42. The van der Waals surface area contributed by atoms with Crippen molar-refractivity contribution in [3.05, 3.63) is 36.5 Å². The first-order valence-electron chi connectivity index (χ1n) is 36.7. The number of carbonyl (C=O) groups is 16. The molecule has 5 aliphatic heterocycles. The number of ether oxygens (including phenoxy) is 26. The summed E-state index contributed by atoms with van der Waals surface area (Å²) in [6.07, 6.45) is -50.6. The van der Waals surface area contributed by atoms with Crippen molar-refractivity contribution in [2.24, 2.45) is 0 Å². The molecule has 5 fully saturated rings. The highest BCUT2D eigenvalue weighted by Gasteiger charge is 2.63. The van der Waals surface area contributed by atoms with Crippen molar-refractivity contribution in [2.45, 2.75) is 277 Å². The lowest BCUT2D eigenvalue weighted by Crippen LogP contribution is -2.70. The first kappa shape index (κ1) is 94.6. The van der Waals surface area contributed by atoms with Crippen molar-refractivity contribution in [1.29, 1.82) is 0 Å². The maximum Gasteiger partial charge on any atom is 0.303 e. The fourth-order valence-corrected chi connectivity index (χ4v) is 13.0. The average Bonchev–Trinajstić information content (AvgIpc) is 0.775. The van der Waals surface area contributed by atoms with Crippen LogP contribution in [0.2, 0.25) is 0 Å². The van der Waals surface area contributed by atoms with Crippen LogP contribution in [0, 0.1) is 0 Å². The minimum Gasteiger partial charge on any atom is -0.463 e. The van der Waals surface area contributed by atoms with Gasteiger partial charge in [0.2, 0.25) is 0 Å². The molecule has 0 aliphatic carbocycles. The molecule has 7 rings (SSSR count). The van der Waals surface area contributed by atoms with E-state index in [1.165, 1.54) is 4.68 Å². The van der Waals surface area contributed by atoms with Crippen molar-refractivity contribution >= 4 is 95.5 Å². The molecule has 2 aromatic rings. The first-order chi connectivity index (χ1) is 55.7. The molecule has 0 unspecified atom stereocenters. The molecule has 5 saturated heterocycles. The molecule has 1 aromatic carbocycles. The van der Waals surface area contributed by atoms with Gasteiger partial charge in [-0.25, -0.2) is 0 Å². The van der Waals surface area contributed by atoms with Crippen LogP contribution in [0.4, 0.5) is 0 Å². The van der Waals surface area contributed by atoms with Crippen molar-refractivity contribution < 1.29 is 200 Å². The van der Waals surface area contributed by atoms with Crippen LogP contribution in [-0.4, -0.2) is 304 Å². The predicted molar refractivity (Wildman–Crippen MR) is 373 cm³/mol. The number of nitrogens with zero attached hydrogens (tertiary/aromatic N) is 3. The monoisotopic (exact) mass is 1690 g/mol. The van der Waals surface area contributed by atoms with Crippen LogP contribution in [-0.2, 0) is 206 Å². The van der Waals surface area contributed by atoms with E-state index in [1.807, 2.05) is 18.2 Å². The van der Waals surface area contributed by atoms with E-state index >= 15 is 0 Å². The van der Waals surface area contributed by atoms with E-state index in [0.29, 0.717) is 5.69 Å². The van der Waals surface area contributed by atoms with Crippen LogP contribution in [0.25, 0.3) is 11.3 Å². The molecule has 45 heteroatoms. The molecule has 0 N–H and O–H groups in total. The molecule has 25 atom stereocenters. The maximum absolute atomic E-state index is 14.0. The summed E-state index contributed by atoms with van der Waals surface area (Å²) in [5.41, 5.74) is 1.26. The molecule has 0 bridgehead atoms. The largest absolute Gasteiger partial charge is 0.463 e. The van der Waals surface area contributed by atoms with Gasteiger partial charge >= 0.3 is 95.5 Å². The van der Waals surface area contributed by atoms with E-state index in [0.717, 1.165) is 116 Å². The second-order valence-corrected chi connectivity index (χ2v) is 26.9. The second-order valence-electron chi connectivity index (χ2n) is 26.9. The summed E-state index contributed by atoms with van der Waals surface area (Å²) in [6.45, 7) is 10.1. The van der Waals surface area contributed by atoms with E-state index in [1.54, 1.807) is 18.3 Å². The van der Waals surface area contributed by atoms with Gasteiger partial charge in [0.15, 0.2) is 105 Å². The number of carbonyl (C=O) groups excluding carboxylic acids is 16. The van der Waals surface area contributed by atoms with E-state index in [2.05, 4.69) is 10.3 Å². The molecule has 6 heterocycles. The minimum atomic E-state index is -2.46. The SMILES string of the molecule is CC(=O)OC[C@H]1O[C@H](O[C@@H]2[C@H](OC(C)=O)[C@@H](O[C@@H]3[C@H](OC(C)=O)[C@@H](O[C@@H]4[C@H](OC(C)=O)[C@@H](O[C@@H]5[C@@H](OCCCn6cc(-c7ccccc7)nn6)O[C@H](COC(C)=O)[C@@H](OC(C)=O)[C@@H]5OC(C)=O)O[C@H](COC(C)=O)[C@H]4OC(C)=O)O[C@H](COC(C)=O)[C@H]3OC(C)=O)O[C@H](COC(C)=O)[C@H]2OC(C)=O)[C@@H](OC(C)=O)[C@@H](OC(C)=O)[C@@H]1OC(C)=O. The first-order valence-corrected chi connectivity index (χ1v) is 36.7. The summed E-state index contributed by atoms with van der Waals surface area (Å²) in [6, 6.07) is 9.05. The fourth-order valence-electron chi connectivity index (χ4n) is 13.0. The van der Waals surface area contributed by atoms with Gasteiger partial charge in [-0.05, 0) is 6.42 Å². The Morgan fingerprint density at radius 1 is 0.288 bits per heavy atom. The number of hydrogen-bond acceptors (Lipinski definition) is 44. The van der Waals surface area contributed by atoms with E-state index < -0.39 is 282 Å². The number of rotatable bonds is 35. The maximum atomic E-state index is 14.0. The zero-order chi connectivity index (χ0) is 87.1. The summed E-state index contributed by atoms with van der Waals surface area (Å²) in [4.78, 5) is 212. The Labute approximate surface area is 673 Å². The summed E-state index contributed by atoms with van der Waals surface area (Å²) in [7, 11) is 0. The van der Waals surface area contributed by atoms with Crippen LogP contribution in [0.15, 0.2) is 36.5 Å². The van der Waals surface area contributed by atoms with Gasteiger partial charge in [0.1, 0.15) is 87.6 Å². The number of esters is 16. The Bertz CT molecular complexity index is 3870. The van der Waals surface area contributed by atoms with Crippen LogP contribution < -0.4 is 0 Å². The standard InChI is InChI=1S/C73H95N3O42/c1-31(77)94-26-49-54(99-36(6)82)59(104-41(11)87)64(69(110-49)93-24-20-23-76-25-48(74-75-76)47-21-18-17-19-22-47)118-73-68(109-46(16)92)63(58(103-40(10)86)53(114-73)30-98-35(5)81)117-72-67(108-45(15)91)62(57(102-39(9)85)52(113-72)29-97-34(4)80)116-71-66(107-44(14)90)61(56(101-38(8)84)51(112-71)28-96-33(3)79)115-70-65(106-43(13)89)60(105-42(12)88)55(100-37(7)83)50(111-70)27-95-32(2)78/h17-19,21-22,25,49-73H,20,23-24,26-30H2,1-16H3/t49-,50-,51-,52-,53-,54-,55-,56-,57-,58-,59+,60+,61+,62+,63+,64+,65+,66+,67+,68+,69+,70-,71-,72-,73-/m1/s1. The quantitative estimate of drug-likeness (QED) is 0.0480. The zero-order valence-electron chi connectivity index (χ0n) is 67.0. The van der Waals surface area contributed by atoms with Crippen LogP contribution >= 0.6 is 0 Å². The van der Waals surface area contributed by atoms with Gasteiger partial charge < -0.3 is 123 Å². The molecule has 1 aromatic heterocycles. The van der Waals surface area contributed by atoms with E-state index in [-0.39, 0.29) is 19.6 Å². The van der Waals surface area contributed by atoms with E-state index in [9.17, 15) is 76.7 Å². The lowest BCUT2D eigenvalue weighted by atomic mass is 9.94. The number of benzene rings is 1. The Morgan fingerprint density at radius 2 is 0.525 bits per heavy atom. The number of aryl methyl sites for hydroxylation is 1. The Kier molecular flexibility index (Phi) is 35.5. The van der Waals surface area contributed by atoms with Gasteiger partial charge in [-0.1, -0.05) is 35.5 Å². The highest BCUT2D eigenvalue weighted by Crippen LogP contribution is 2.42. The Morgan fingerprint density at radius 3 is 0.805 bits per heavy atom. The predicted octanol–water partition coefficient (Wildman–Crippen LogP) is -0.419. The van der Waals surface area contributed by atoms with Crippen LogP contribution in [0.3, 0.4) is 0 Å². The molecule has 654 valence electrons. The third-order valence-electron chi connectivity index (χ3n) is 17.1. The van der Waals surface area contributed by atoms with Gasteiger partial charge in [0.05, 0.1) is 12.8 Å². The summed E-state index contributed by atoms with van der Waals surface area (Å²) < 4.78 is 158. The fraction of sp³-hybridized carbons (Fsp3) is 0.671. The molecule has 118 heavy (non-hydrogen) atoms. The topological polar surface area (TPSA) is 544 Å². The third-order valence-corrected chi connectivity index (χ3v) is 17.1. The average molecular weight is 1690 g/mol. The second kappa shape index (κ2) is 44.3. The highest BCUT2D eigenvalue weighted by atomic mass is 16.8. The molecule has 0 radical (unpaired) electrons. The molecule has 5 aliphatic rings. The smallest absolute Gasteiger partial charge is 0.303 e. The van der Waals surface area contributed by atoms with Crippen molar-refractivity contribution in [1.82, 2.24) is 15.0 Å². The third kappa shape index (κ3) is 28.1. The number of aromatic nitrogens is 3. The van der Waals surface area contributed by atoms with Gasteiger partial charge in [-0.3, -0.25) is 81.4 Å². The Balaban J connectivity index is 1.44. The lowest BCUT2D eigenvalue weighted by Gasteiger charge is -2.51. The van der Waals surface area contributed by atoms with Crippen molar-refractivity contribution in [2.75, 3.05) is 39.6 Å². The Hall–Kier alpha value is -10.5. The normalized spacial score (nSPS) is 30.4. The van der Waals surface area contributed by atoms with Gasteiger partial charge in [-0.2, -0.15) is 0 Å². The lowest BCUT2D eigenvalue weighted by molar-refractivity contribution is -0.397. The number of hydrogen-bond donors (Lipinski definition) is 0. The molecular weight excluding hydrogens is 1590 g/mol.